The first-order valence-electron chi connectivity index (χ1n) is 6.54. The molecule has 3 nitrogen and oxygen atoms in total. The molecule has 0 heterocycles. The van der Waals surface area contributed by atoms with Crippen LogP contribution in [0.15, 0.2) is 24.3 Å². The van der Waals surface area contributed by atoms with Crippen molar-refractivity contribution in [3.05, 3.63) is 24.3 Å². The Morgan fingerprint density at radius 2 is 2.06 bits per heavy atom. The summed E-state index contributed by atoms with van der Waals surface area (Å²) in [6.45, 7) is 9.76. The van der Waals surface area contributed by atoms with Crippen LogP contribution >= 0.6 is 0 Å². The number of benzene rings is 1. The number of ether oxygens (including phenoxy) is 1. The van der Waals surface area contributed by atoms with Crippen LogP contribution < -0.4 is 15.0 Å². The van der Waals surface area contributed by atoms with Crippen LogP contribution in [0.4, 0.5) is 5.69 Å². The molecule has 3 heteroatoms. The molecule has 0 bridgehead atoms. The van der Waals surface area contributed by atoms with Gasteiger partial charge in [-0.05, 0) is 24.1 Å². The molecule has 1 rings (SSSR count). The third-order valence-electron chi connectivity index (χ3n) is 3.01. The second-order valence-electron chi connectivity index (χ2n) is 5.50. The van der Waals surface area contributed by atoms with Crippen LogP contribution in [0.1, 0.15) is 20.8 Å². The molecular weight excluding hydrogens is 224 g/mol. The molecule has 0 saturated carbocycles. The zero-order valence-corrected chi connectivity index (χ0v) is 12.3. The Morgan fingerprint density at radius 1 is 1.33 bits per heavy atom. The van der Waals surface area contributed by atoms with E-state index in [4.69, 9.17) is 4.74 Å². The summed E-state index contributed by atoms with van der Waals surface area (Å²) in [5, 5.41) is 3.42. The van der Waals surface area contributed by atoms with Gasteiger partial charge in [0, 0.05) is 31.9 Å². The van der Waals surface area contributed by atoms with Crippen LogP contribution in [0.3, 0.4) is 0 Å². The summed E-state index contributed by atoms with van der Waals surface area (Å²) in [7, 11) is 3.83. The van der Waals surface area contributed by atoms with E-state index in [-0.39, 0.29) is 5.41 Å². The first-order chi connectivity index (χ1) is 8.48. The van der Waals surface area contributed by atoms with Crippen molar-refractivity contribution in [1.82, 2.24) is 5.32 Å². The van der Waals surface area contributed by atoms with Gasteiger partial charge in [-0.1, -0.05) is 26.8 Å². The van der Waals surface area contributed by atoms with Crippen LogP contribution in [0.2, 0.25) is 0 Å². The molecule has 0 aliphatic heterocycles. The number of anilines is 1. The van der Waals surface area contributed by atoms with Crippen molar-refractivity contribution >= 4 is 5.69 Å². The molecule has 1 N–H and O–H groups in total. The minimum absolute atomic E-state index is 0.244. The van der Waals surface area contributed by atoms with Gasteiger partial charge in [0.05, 0.1) is 7.11 Å². The van der Waals surface area contributed by atoms with Gasteiger partial charge in [-0.3, -0.25) is 0 Å². The Bertz CT molecular complexity index is 363. The zero-order chi connectivity index (χ0) is 13.6. The Kier molecular flexibility index (Phi) is 5.48. The fourth-order valence-corrected chi connectivity index (χ4v) is 2.10. The molecular formula is C15H26N2O. The van der Waals surface area contributed by atoms with Crippen molar-refractivity contribution in [3.8, 4) is 5.75 Å². The zero-order valence-electron chi connectivity index (χ0n) is 12.3. The van der Waals surface area contributed by atoms with Gasteiger partial charge in [-0.15, -0.1) is 0 Å². The lowest BCUT2D eigenvalue weighted by Crippen LogP contribution is -2.39. The monoisotopic (exact) mass is 250 g/mol. The molecule has 0 amide bonds. The molecule has 0 radical (unpaired) electrons. The van der Waals surface area contributed by atoms with Gasteiger partial charge in [0.2, 0.25) is 0 Å². The van der Waals surface area contributed by atoms with E-state index in [1.54, 1.807) is 7.11 Å². The Balaban J connectivity index is 2.65. The Labute approximate surface area is 111 Å². The number of nitrogens with zero attached hydrogens (tertiary/aromatic N) is 1. The maximum Gasteiger partial charge on any atom is 0.120 e. The quantitative estimate of drug-likeness (QED) is 0.805. The molecule has 0 aliphatic rings. The Morgan fingerprint density at radius 3 is 2.67 bits per heavy atom. The summed E-state index contributed by atoms with van der Waals surface area (Å²) in [4.78, 5) is 2.28. The summed E-state index contributed by atoms with van der Waals surface area (Å²) < 4.78 is 5.26. The van der Waals surface area contributed by atoms with E-state index in [2.05, 4.69) is 50.2 Å². The predicted molar refractivity (Wildman–Crippen MR) is 78.6 cm³/mol. The summed E-state index contributed by atoms with van der Waals surface area (Å²) in [6.07, 6.45) is 0. The van der Waals surface area contributed by atoms with Gasteiger partial charge in [0.15, 0.2) is 0 Å². The van der Waals surface area contributed by atoms with Crippen LogP contribution in [-0.4, -0.2) is 33.8 Å². The Hall–Kier alpha value is -1.22. The SMILES string of the molecule is CCNCC(C)(C)CN(C)c1cccc(OC)c1. The third kappa shape index (κ3) is 4.57. The molecule has 102 valence electrons. The molecule has 0 spiro atoms. The smallest absolute Gasteiger partial charge is 0.120 e. The number of rotatable bonds is 7. The lowest BCUT2D eigenvalue weighted by Gasteiger charge is -2.32. The van der Waals surface area contributed by atoms with Crippen molar-refractivity contribution in [1.29, 1.82) is 0 Å². The number of nitrogens with one attached hydrogen (secondary N) is 1. The average Bonchev–Trinajstić information content (AvgIpc) is 2.36. The lowest BCUT2D eigenvalue weighted by atomic mass is 9.92. The van der Waals surface area contributed by atoms with E-state index in [0.717, 1.165) is 25.4 Å². The van der Waals surface area contributed by atoms with Crippen LogP contribution in [0.5, 0.6) is 5.75 Å². The highest BCUT2D eigenvalue weighted by Gasteiger charge is 2.19. The van der Waals surface area contributed by atoms with Crippen molar-refractivity contribution < 1.29 is 4.74 Å². The van der Waals surface area contributed by atoms with Crippen LogP contribution in [0, 0.1) is 5.41 Å². The first-order valence-corrected chi connectivity index (χ1v) is 6.54. The third-order valence-corrected chi connectivity index (χ3v) is 3.01. The standard InChI is InChI=1S/C15H26N2O/c1-6-16-11-15(2,3)12-17(4)13-8-7-9-14(10-13)18-5/h7-10,16H,6,11-12H2,1-5H3. The predicted octanol–water partition coefficient (Wildman–Crippen LogP) is 2.77. The van der Waals surface area contributed by atoms with E-state index in [0.29, 0.717) is 0 Å². The highest BCUT2D eigenvalue weighted by Crippen LogP contribution is 2.23. The van der Waals surface area contributed by atoms with E-state index < -0.39 is 0 Å². The second-order valence-corrected chi connectivity index (χ2v) is 5.50. The topological polar surface area (TPSA) is 24.5 Å². The average molecular weight is 250 g/mol. The largest absolute Gasteiger partial charge is 0.497 e. The molecule has 0 unspecified atom stereocenters. The summed E-state index contributed by atoms with van der Waals surface area (Å²) in [5.74, 6) is 0.906. The molecule has 0 atom stereocenters. The van der Waals surface area contributed by atoms with E-state index in [9.17, 15) is 0 Å². The van der Waals surface area contributed by atoms with Gasteiger partial charge in [-0.25, -0.2) is 0 Å². The normalized spacial score (nSPS) is 11.4. The fraction of sp³-hybridized carbons (Fsp3) is 0.600. The molecule has 1 aromatic carbocycles. The molecule has 0 aromatic heterocycles. The molecule has 18 heavy (non-hydrogen) atoms. The molecule has 0 fully saturated rings. The molecule has 0 saturated heterocycles. The van der Waals surface area contributed by atoms with E-state index in [1.807, 2.05) is 12.1 Å². The summed E-state index contributed by atoms with van der Waals surface area (Å²) >= 11 is 0. The highest BCUT2D eigenvalue weighted by atomic mass is 16.5. The van der Waals surface area contributed by atoms with Crippen molar-refractivity contribution in [2.45, 2.75) is 20.8 Å². The van der Waals surface area contributed by atoms with Crippen molar-refractivity contribution in [3.63, 3.8) is 0 Å². The molecule has 0 aliphatic carbocycles. The van der Waals surface area contributed by atoms with Gasteiger partial charge in [0.1, 0.15) is 5.75 Å². The van der Waals surface area contributed by atoms with Crippen LogP contribution in [0.25, 0.3) is 0 Å². The van der Waals surface area contributed by atoms with Crippen LogP contribution in [-0.2, 0) is 0 Å². The number of hydrogen-bond acceptors (Lipinski definition) is 3. The second kappa shape index (κ2) is 6.64. The summed E-state index contributed by atoms with van der Waals surface area (Å²) in [6, 6.07) is 8.19. The van der Waals surface area contributed by atoms with E-state index in [1.165, 1.54) is 5.69 Å². The van der Waals surface area contributed by atoms with Gasteiger partial charge in [0.25, 0.3) is 0 Å². The van der Waals surface area contributed by atoms with Crippen molar-refractivity contribution in [2.24, 2.45) is 5.41 Å². The van der Waals surface area contributed by atoms with Gasteiger partial charge in [-0.2, -0.15) is 0 Å². The maximum atomic E-state index is 5.26. The highest BCUT2D eigenvalue weighted by molar-refractivity contribution is 5.50. The minimum Gasteiger partial charge on any atom is -0.497 e. The summed E-state index contributed by atoms with van der Waals surface area (Å²) in [5.41, 5.74) is 1.44. The maximum absolute atomic E-state index is 5.26. The van der Waals surface area contributed by atoms with E-state index >= 15 is 0 Å². The number of hydrogen-bond donors (Lipinski definition) is 1. The van der Waals surface area contributed by atoms with Crippen molar-refractivity contribution in [2.75, 3.05) is 38.7 Å². The number of methoxy groups -OCH3 is 1. The fourth-order valence-electron chi connectivity index (χ4n) is 2.10. The first kappa shape index (κ1) is 14.8. The lowest BCUT2D eigenvalue weighted by molar-refractivity contribution is 0.350. The minimum atomic E-state index is 0.244. The van der Waals surface area contributed by atoms with Gasteiger partial charge >= 0.3 is 0 Å². The molecule has 1 aromatic rings. The van der Waals surface area contributed by atoms with Gasteiger partial charge < -0.3 is 15.0 Å².